The van der Waals surface area contributed by atoms with Gasteiger partial charge in [0.2, 0.25) is 5.91 Å². The lowest BCUT2D eigenvalue weighted by atomic mass is 10.1. The summed E-state index contributed by atoms with van der Waals surface area (Å²) in [6.45, 7) is 5.11. The number of hydrogen-bond acceptors (Lipinski definition) is 3. The normalized spacial score (nSPS) is 15.0. The highest BCUT2D eigenvalue weighted by Crippen LogP contribution is 2.15. The summed E-state index contributed by atoms with van der Waals surface area (Å²) in [5, 5.41) is 9.22. The van der Waals surface area contributed by atoms with Gasteiger partial charge in [-0.15, -0.1) is 0 Å². The highest BCUT2D eigenvalue weighted by Gasteiger charge is 2.29. The molecular weight excluding hydrogens is 268 g/mol. The van der Waals surface area contributed by atoms with Crippen molar-refractivity contribution in [3.63, 3.8) is 0 Å². The molecule has 0 unspecified atom stereocenters. The van der Waals surface area contributed by atoms with Gasteiger partial charge in [0, 0.05) is 38.2 Å². The van der Waals surface area contributed by atoms with E-state index in [1.807, 2.05) is 26.0 Å². The van der Waals surface area contributed by atoms with E-state index < -0.39 is 0 Å². The highest BCUT2D eigenvalue weighted by molar-refractivity contribution is 5.94. The fourth-order valence-corrected chi connectivity index (χ4v) is 2.35. The summed E-state index contributed by atoms with van der Waals surface area (Å²) in [6.07, 6.45) is -0.385. The lowest BCUT2D eigenvalue weighted by molar-refractivity contribution is -0.133. The minimum atomic E-state index is -0.385. The Balaban J connectivity index is 1.96. The Bertz CT molecular complexity index is 519. The molecule has 0 aliphatic carbocycles. The highest BCUT2D eigenvalue weighted by atomic mass is 16.3. The van der Waals surface area contributed by atoms with E-state index in [-0.39, 0.29) is 23.8 Å². The van der Waals surface area contributed by atoms with Crippen molar-refractivity contribution in [2.24, 2.45) is 5.92 Å². The van der Waals surface area contributed by atoms with E-state index in [2.05, 4.69) is 0 Å². The van der Waals surface area contributed by atoms with Crippen LogP contribution in [0.3, 0.4) is 0 Å². The van der Waals surface area contributed by atoms with Crippen LogP contribution >= 0.6 is 0 Å². The number of nitrogens with zero attached hydrogens (tertiary/aromatic N) is 2. The van der Waals surface area contributed by atoms with Gasteiger partial charge in [0.15, 0.2) is 0 Å². The SMILES string of the molecule is CC(C)C(=O)N(C)Cc1ccc(C(=O)N2CC(O)C2)cc1. The predicted molar refractivity (Wildman–Crippen MR) is 79.7 cm³/mol. The molecule has 1 aliphatic rings. The van der Waals surface area contributed by atoms with Crippen molar-refractivity contribution < 1.29 is 14.7 Å². The summed E-state index contributed by atoms with van der Waals surface area (Å²) < 4.78 is 0. The number of carbonyl (C=O) groups excluding carboxylic acids is 2. The maximum absolute atomic E-state index is 12.1. The molecule has 0 bridgehead atoms. The van der Waals surface area contributed by atoms with Gasteiger partial charge in [0.1, 0.15) is 0 Å². The smallest absolute Gasteiger partial charge is 0.254 e. The van der Waals surface area contributed by atoms with Gasteiger partial charge in [-0.2, -0.15) is 0 Å². The zero-order chi connectivity index (χ0) is 15.6. The Morgan fingerprint density at radius 1 is 1.29 bits per heavy atom. The molecule has 0 saturated carbocycles. The number of amides is 2. The van der Waals surface area contributed by atoms with Crippen LogP contribution in [-0.2, 0) is 11.3 Å². The topological polar surface area (TPSA) is 60.9 Å². The molecule has 2 amide bonds. The summed E-state index contributed by atoms with van der Waals surface area (Å²) >= 11 is 0. The third-order valence-corrected chi connectivity index (χ3v) is 3.64. The van der Waals surface area contributed by atoms with E-state index in [0.717, 1.165) is 5.56 Å². The first-order valence-corrected chi connectivity index (χ1v) is 7.19. The van der Waals surface area contributed by atoms with Crippen molar-refractivity contribution in [3.05, 3.63) is 35.4 Å². The number of aliphatic hydroxyl groups excluding tert-OH is 1. The average Bonchev–Trinajstić information content (AvgIpc) is 2.43. The van der Waals surface area contributed by atoms with Gasteiger partial charge in [-0.25, -0.2) is 0 Å². The molecule has 0 aromatic heterocycles. The van der Waals surface area contributed by atoms with Crippen LogP contribution in [0.2, 0.25) is 0 Å². The summed E-state index contributed by atoms with van der Waals surface area (Å²) in [4.78, 5) is 27.2. The first kappa shape index (κ1) is 15.5. The lowest BCUT2D eigenvalue weighted by Crippen LogP contribution is -2.53. The molecule has 1 heterocycles. The average molecular weight is 290 g/mol. The second-order valence-corrected chi connectivity index (χ2v) is 5.91. The third kappa shape index (κ3) is 3.61. The van der Waals surface area contributed by atoms with E-state index in [9.17, 15) is 14.7 Å². The summed E-state index contributed by atoms with van der Waals surface area (Å²) in [6, 6.07) is 7.28. The van der Waals surface area contributed by atoms with Crippen molar-refractivity contribution in [2.75, 3.05) is 20.1 Å². The fraction of sp³-hybridized carbons (Fsp3) is 0.500. The van der Waals surface area contributed by atoms with Crippen molar-refractivity contribution in [1.82, 2.24) is 9.80 Å². The molecule has 1 N–H and O–H groups in total. The minimum Gasteiger partial charge on any atom is -0.389 e. The molecule has 5 heteroatoms. The molecule has 1 saturated heterocycles. The van der Waals surface area contributed by atoms with Crippen molar-refractivity contribution >= 4 is 11.8 Å². The largest absolute Gasteiger partial charge is 0.389 e. The summed E-state index contributed by atoms with van der Waals surface area (Å²) in [5.74, 6) is 0.0249. The van der Waals surface area contributed by atoms with Gasteiger partial charge < -0.3 is 14.9 Å². The maximum Gasteiger partial charge on any atom is 0.254 e. The fourth-order valence-electron chi connectivity index (χ4n) is 2.35. The monoisotopic (exact) mass is 290 g/mol. The van der Waals surface area contributed by atoms with Crippen LogP contribution in [0.25, 0.3) is 0 Å². The lowest BCUT2D eigenvalue weighted by Gasteiger charge is -2.35. The molecule has 1 aromatic rings. The molecule has 1 aliphatic heterocycles. The van der Waals surface area contributed by atoms with Gasteiger partial charge in [-0.1, -0.05) is 26.0 Å². The molecule has 114 valence electrons. The standard InChI is InChI=1S/C16H22N2O3/c1-11(2)15(20)17(3)8-12-4-6-13(7-5-12)16(21)18-9-14(19)10-18/h4-7,11,14,19H,8-10H2,1-3H3. The molecule has 2 rings (SSSR count). The number of hydrogen-bond donors (Lipinski definition) is 1. The van der Waals surface area contributed by atoms with Gasteiger partial charge >= 0.3 is 0 Å². The minimum absolute atomic E-state index is 0.0197. The molecular formula is C16H22N2O3. The molecule has 1 aromatic carbocycles. The second kappa shape index (κ2) is 6.26. The summed E-state index contributed by atoms with van der Waals surface area (Å²) in [5.41, 5.74) is 1.61. The van der Waals surface area contributed by atoms with Crippen molar-refractivity contribution in [1.29, 1.82) is 0 Å². The zero-order valence-corrected chi connectivity index (χ0v) is 12.7. The predicted octanol–water partition coefficient (Wildman–Crippen LogP) is 1.12. The van der Waals surface area contributed by atoms with Gasteiger partial charge in [0.05, 0.1) is 6.10 Å². The van der Waals surface area contributed by atoms with Gasteiger partial charge in [-0.05, 0) is 17.7 Å². The van der Waals surface area contributed by atoms with Crippen LogP contribution in [0.15, 0.2) is 24.3 Å². The first-order valence-electron chi connectivity index (χ1n) is 7.19. The van der Waals surface area contributed by atoms with Crippen LogP contribution < -0.4 is 0 Å². The van der Waals surface area contributed by atoms with E-state index in [1.54, 1.807) is 29.0 Å². The quantitative estimate of drug-likeness (QED) is 0.904. The first-order chi connectivity index (χ1) is 9.88. The Morgan fingerprint density at radius 2 is 1.86 bits per heavy atom. The van der Waals surface area contributed by atoms with E-state index in [4.69, 9.17) is 0 Å². The van der Waals surface area contributed by atoms with Crippen LogP contribution in [0, 0.1) is 5.92 Å². The van der Waals surface area contributed by atoms with E-state index in [0.29, 0.717) is 25.2 Å². The maximum atomic E-state index is 12.1. The van der Waals surface area contributed by atoms with Crippen LogP contribution in [0.4, 0.5) is 0 Å². The Labute approximate surface area is 125 Å². The van der Waals surface area contributed by atoms with Crippen molar-refractivity contribution in [3.8, 4) is 0 Å². The van der Waals surface area contributed by atoms with E-state index in [1.165, 1.54) is 0 Å². The summed E-state index contributed by atoms with van der Waals surface area (Å²) in [7, 11) is 1.78. The zero-order valence-electron chi connectivity index (χ0n) is 12.7. The van der Waals surface area contributed by atoms with Crippen molar-refractivity contribution in [2.45, 2.75) is 26.5 Å². The number of rotatable bonds is 4. The number of aliphatic hydroxyl groups is 1. The number of benzene rings is 1. The molecule has 21 heavy (non-hydrogen) atoms. The molecule has 1 fully saturated rings. The third-order valence-electron chi connectivity index (χ3n) is 3.64. The van der Waals surface area contributed by atoms with Gasteiger partial charge in [0.25, 0.3) is 5.91 Å². The second-order valence-electron chi connectivity index (χ2n) is 5.91. The molecule has 0 spiro atoms. The number of β-amino-alcohol motifs (C(OH)–C–C–N with tert-alkyl or cyclic N) is 1. The Kier molecular flexibility index (Phi) is 4.63. The van der Waals surface area contributed by atoms with E-state index >= 15 is 0 Å². The molecule has 5 nitrogen and oxygen atoms in total. The van der Waals surface area contributed by atoms with Crippen LogP contribution in [0.1, 0.15) is 29.8 Å². The number of carbonyl (C=O) groups is 2. The Hall–Kier alpha value is -1.88. The molecule has 0 radical (unpaired) electrons. The van der Waals surface area contributed by atoms with Gasteiger partial charge in [-0.3, -0.25) is 9.59 Å². The molecule has 0 atom stereocenters. The van der Waals surface area contributed by atoms with Crippen LogP contribution in [0.5, 0.6) is 0 Å². The Morgan fingerprint density at radius 3 is 2.33 bits per heavy atom. The number of likely N-dealkylation sites (tertiary alicyclic amines) is 1. The van der Waals surface area contributed by atoms with Crippen LogP contribution in [-0.4, -0.2) is 53.0 Å².